The van der Waals surface area contributed by atoms with Crippen LogP contribution >= 0.6 is 0 Å². The molecule has 0 saturated heterocycles. The molecule has 0 aromatic carbocycles. The van der Waals surface area contributed by atoms with Crippen molar-refractivity contribution in [2.24, 2.45) is 0 Å². The van der Waals surface area contributed by atoms with Crippen molar-refractivity contribution in [1.82, 2.24) is 9.88 Å². The first-order valence-electron chi connectivity index (χ1n) is 3.86. The Morgan fingerprint density at radius 2 is 2.23 bits per heavy atom. The van der Waals surface area contributed by atoms with Crippen LogP contribution in [0.2, 0.25) is 0 Å². The van der Waals surface area contributed by atoms with Gasteiger partial charge in [-0.1, -0.05) is 0 Å². The van der Waals surface area contributed by atoms with Crippen LogP contribution in [0.4, 0.5) is 0 Å². The van der Waals surface area contributed by atoms with Crippen LogP contribution in [0.1, 0.15) is 16.1 Å². The molecule has 4 radical (unpaired) electrons. The molecular formula is C8H6B2N2O. The highest BCUT2D eigenvalue weighted by molar-refractivity contribution is 6.42. The molecule has 1 aromatic heterocycles. The van der Waals surface area contributed by atoms with E-state index >= 15 is 0 Å². The Morgan fingerprint density at radius 1 is 1.54 bits per heavy atom. The van der Waals surface area contributed by atoms with Crippen LogP contribution in [-0.4, -0.2) is 38.5 Å². The third kappa shape index (κ3) is 0.930. The van der Waals surface area contributed by atoms with Crippen LogP contribution < -0.4 is 0 Å². The van der Waals surface area contributed by atoms with E-state index in [1.807, 2.05) is 0 Å². The summed E-state index contributed by atoms with van der Waals surface area (Å²) in [6.45, 7) is 0. The Kier molecular flexibility index (Phi) is 1.52. The molecule has 3 nitrogen and oxygen atoms in total. The summed E-state index contributed by atoms with van der Waals surface area (Å²) in [6.07, 6.45) is 1.57. The second-order valence-corrected chi connectivity index (χ2v) is 3.09. The lowest BCUT2D eigenvalue weighted by Gasteiger charge is -2.28. The van der Waals surface area contributed by atoms with Gasteiger partial charge in [-0.2, -0.15) is 0 Å². The number of hydrogen-bond acceptors (Lipinski definition) is 2. The van der Waals surface area contributed by atoms with E-state index in [9.17, 15) is 4.79 Å². The van der Waals surface area contributed by atoms with Gasteiger partial charge in [0.15, 0.2) is 0 Å². The second kappa shape index (κ2) is 2.37. The van der Waals surface area contributed by atoms with Crippen LogP contribution in [0.5, 0.6) is 0 Å². The van der Waals surface area contributed by atoms with E-state index in [0.29, 0.717) is 11.3 Å². The number of carbonyl (C=O) groups is 1. The standard InChI is InChI=1S/C8H6B2N2O/c1-12-7(13)5-3-2-4-11-6(5)8(12,9)10/h2-4H,1H3. The van der Waals surface area contributed by atoms with E-state index in [1.165, 1.54) is 4.90 Å². The fourth-order valence-electron chi connectivity index (χ4n) is 1.40. The van der Waals surface area contributed by atoms with Gasteiger partial charge in [0.05, 0.1) is 26.9 Å². The molecule has 0 atom stereocenters. The molecule has 5 heteroatoms. The molecule has 13 heavy (non-hydrogen) atoms. The second-order valence-electron chi connectivity index (χ2n) is 3.09. The smallest absolute Gasteiger partial charge is 0.254 e. The molecule has 0 spiro atoms. The van der Waals surface area contributed by atoms with Crippen LogP contribution in [-0.2, 0) is 5.34 Å². The molecule has 60 valence electrons. The number of amides is 1. The lowest BCUT2D eigenvalue weighted by Crippen LogP contribution is -2.42. The Labute approximate surface area is 79.0 Å². The molecule has 0 aliphatic carbocycles. The first-order valence-corrected chi connectivity index (χ1v) is 3.86. The molecule has 2 heterocycles. The Balaban J connectivity index is 2.68. The number of rotatable bonds is 0. The van der Waals surface area contributed by atoms with Gasteiger partial charge in [-0.05, 0) is 12.1 Å². The van der Waals surface area contributed by atoms with Crippen molar-refractivity contribution in [3.8, 4) is 0 Å². The number of aromatic nitrogens is 1. The average Bonchev–Trinajstić information content (AvgIpc) is 2.30. The first-order chi connectivity index (χ1) is 6.05. The fourth-order valence-corrected chi connectivity index (χ4v) is 1.40. The molecular weight excluding hydrogens is 162 g/mol. The van der Waals surface area contributed by atoms with Gasteiger partial charge >= 0.3 is 0 Å². The predicted molar refractivity (Wildman–Crippen MR) is 49.5 cm³/mol. The molecule has 0 bridgehead atoms. The minimum atomic E-state index is -1.27. The maximum atomic E-state index is 11.5. The lowest BCUT2D eigenvalue weighted by atomic mass is 9.60. The number of hydrogen-bond donors (Lipinski definition) is 0. The Morgan fingerprint density at radius 3 is 2.85 bits per heavy atom. The number of nitrogens with zero attached hydrogens (tertiary/aromatic N) is 2. The van der Waals surface area contributed by atoms with Crippen LogP contribution in [0.25, 0.3) is 0 Å². The van der Waals surface area contributed by atoms with Crippen molar-refractivity contribution < 1.29 is 4.79 Å². The van der Waals surface area contributed by atoms with Crippen molar-refractivity contribution in [3.63, 3.8) is 0 Å². The van der Waals surface area contributed by atoms with Gasteiger partial charge in [0.1, 0.15) is 0 Å². The highest BCUT2D eigenvalue weighted by atomic mass is 16.2. The van der Waals surface area contributed by atoms with Crippen molar-refractivity contribution >= 4 is 21.6 Å². The minimum Gasteiger partial charge on any atom is -0.348 e. The summed E-state index contributed by atoms with van der Waals surface area (Å²) in [5.41, 5.74) is 0.914. The minimum absolute atomic E-state index is 0.187. The summed E-state index contributed by atoms with van der Waals surface area (Å²) in [4.78, 5) is 16.8. The zero-order chi connectivity index (χ0) is 9.64. The van der Waals surface area contributed by atoms with Gasteiger partial charge in [0.2, 0.25) is 0 Å². The van der Waals surface area contributed by atoms with E-state index in [-0.39, 0.29) is 5.91 Å². The van der Waals surface area contributed by atoms with E-state index < -0.39 is 5.34 Å². The van der Waals surface area contributed by atoms with E-state index in [0.717, 1.165) is 0 Å². The SMILES string of the molecule is [B]C1([B])c2ncccc2C(=O)N1C. The zero-order valence-electron chi connectivity index (χ0n) is 7.19. The van der Waals surface area contributed by atoms with Crippen LogP contribution in [0.15, 0.2) is 18.3 Å². The molecule has 0 N–H and O–H groups in total. The predicted octanol–water partition coefficient (Wildman–Crippen LogP) is -0.385. The Bertz CT molecular complexity index is 378. The van der Waals surface area contributed by atoms with Gasteiger partial charge < -0.3 is 4.90 Å². The molecule has 0 unspecified atom stereocenters. The Hall–Kier alpha value is -1.25. The summed E-state index contributed by atoms with van der Waals surface area (Å²) in [5, 5.41) is -1.27. The number of carbonyl (C=O) groups excluding carboxylic acids is 1. The van der Waals surface area contributed by atoms with Gasteiger partial charge in [0, 0.05) is 18.6 Å². The summed E-state index contributed by atoms with van der Waals surface area (Å²) >= 11 is 0. The number of pyridine rings is 1. The summed E-state index contributed by atoms with van der Waals surface area (Å²) in [5.74, 6) is -0.187. The molecule has 2 rings (SSSR count). The summed E-state index contributed by atoms with van der Waals surface area (Å²) < 4.78 is 0. The van der Waals surface area contributed by atoms with E-state index in [4.69, 9.17) is 15.7 Å². The molecule has 0 fully saturated rings. The van der Waals surface area contributed by atoms with Gasteiger partial charge in [-0.25, -0.2) is 0 Å². The maximum Gasteiger partial charge on any atom is 0.254 e. The highest BCUT2D eigenvalue weighted by Gasteiger charge is 2.40. The maximum absolute atomic E-state index is 11.5. The van der Waals surface area contributed by atoms with Crippen LogP contribution in [0, 0.1) is 0 Å². The molecule has 1 aromatic rings. The fraction of sp³-hybridized carbons (Fsp3) is 0.250. The zero-order valence-corrected chi connectivity index (χ0v) is 7.19. The molecule has 1 aliphatic heterocycles. The first kappa shape index (κ1) is 8.35. The normalized spacial score (nSPS) is 18.8. The quantitative estimate of drug-likeness (QED) is 0.494. The third-order valence-corrected chi connectivity index (χ3v) is 2.28. The summed E-state index contributed by atoms with van der Waals surface area (Å²) in [6, 6.07) is 3.36. The van der Waals surface area contributed by atoms with Crippen molar-refractivity contribution in [3.05, 3.63) is 29.6 Å². The molecule has 1 aliphatic rings. The van der Waals surface area contributed by atoms with Crippen molar-refractivity contribution in [2.75, 3.05) is 7.05 Å². The highest BCUT2D eigenvalue weighted by Crippen LogP contribution is 2.30. The monoisotopic (exact) mass is 168 g/mol. The van der Waals surface area contributed by atoms with Crippen LogP contribution in [0.3, 0.4) is 0 Å². The van der Waals surface area contributed by atoms with E-state index in [2.05, 4.69) is 4.98 Å². The molecule has 0 saturated carbocycles. The topological polar surface area (TPSA) is 33.2 Å². The van der Waals surface area contributed by atoms with Gasteiger partial charge in [-0.3, -0.25) is 9.78 Å². The largest absolute Gasteiger partial charge is 0.348 e. The average molecular weight is 168 g/mol. The van der Waals surface area contributed by atoms with Gasteiger partial charge in [-0.15, -0.1) is 0 Å². The third-order valence-electron chi connectivity index (χ3n) is 2.28. The molecule has 1 amide bonds. The van der Waals surface area contributed by atoms with Gasteiger partial charge in [0.25, 0.3) is 5.91 Å². The lowest BCUT2D eigenvalue weighted by molar-refractivity contribution is 0.0790. The van der Waals surface area contributed by atoms with Crippen molar-refractivity contribution in [1.29, 1.82) is 0 Å². The number of fused-ring (bicyclic) bond motifs is 1. The summed E-state index contributed by atoms with van der Waals surface area (Å²) in [7, 11) is 13.0. The van der Waals surface area contributed by atoms with Crippen molar-refractivity contribution in [2.45, 2.75) is 5.34 Å². The van der Waals surface area contributed by atoms with E-state index in [1.54, 1.807) is 25.4 Å².